The van der Waals surface area contributed by atoms with Gasteiger partial charge in [-0.25, -0.2) is 0 Å². The van der Waals surface area contributed by atoms with Crippen LogP contribution in [0.3, 0.4) is 0 Å². The first-order valence-corrected chi connectivity index (χ1v) is 11.0. The molecule has 0 radical (unpaired) electrons. The van der Waals surface area contributed by atoms with Crippen molar-refractivity contribution in [3.8, 4) is 0 Å². The molecule has 166 valence electrons. The molecule has 1 aliphatic rings. The molecular formula is C23H35N3O4. The maximum Gasteiger partial charge on any atom is 0.303 e. The van der Waals surface area contributed by atoms with Crippen molar-refractivity contribution in [3.63, 3.8) is 0 Å². The smallest absolute Gasteiger partial charge is 0.303 e. The molecule has 7 nitrogen and oxygen atoms in total. The number of hydrogen-bond acceptors (Lipinski definition) is 5. The van der Waals surface area contributed by atoms with Gasteiger partial charge in [0.1, 0.15) is 0 Å². The first-order chi connectivity index (χ1) is 14.4. The number of likely N-dealkylation sites (tertiary alicyclic amines) is 1. The van der Waals surface area contributed by atoms with Crippen LogP contribution in [0.1, 0.15) is 56.9 Å². The molecule has 30 heavy (non-hydrogen) atoms. The number of carboxylic acid groups (broad SMARTS) is 1. The molecule has 1 aromatic rings. The summed E-state index contributed by atoms with van der Waals surface area (Å²) in [6, 6.07) is 8.97. The molecule has 5 N–H and O–H groups in total. The molecule has 7 heteroatoms. The van der Waals surface area contributed by atoms with Crippen LogP contribution in [0.2, 0.25) is 0 Å². The summed E-state index contributed by atoms with van der Waals surface area (Å²) in [7, 11) is 0. The van der Waals surface area contributed by atoms with Crippen LogP contribution >= 0.6 is 0 Å². The second-order valence-electron chi connectivity index (χ2n) is 8.14. The fourth-order valence-electron chi connectivity index (χ4n) is 4.17. The first-order valence-electron chi connectivity index (χ1n) is 11.0. The van der Waals surface area contributed by atoms with Gasteiger partial charge in [-0.1, -0.05) is 36.8 Å². The number of ketones is 1. The van der Waals surface area contributed by atoms with Gasteiger partial charge < -0.3 is 21.5 Å². The molecule has 1 aliphatic heterocycles. The van der Waals surface area contributed by atoms with Crippen molar-refractivity contribution in [1.29, 1.82) is 0 Å². The number of rotatable bonds is 14. The maximum absolute atomic E-state index is 12.9. The van der Waals surface area contributed by atoms with Gasteiger partial charge in [-0.05, 0) is 50.6 Å². The highest BCUT2D eigenvalue weighted by Crippen LogP contribution is 2.31. The van der Waals surface area contributed by atoms with E-state index in [4.69, 9.17) is 16.6 Å². The Bertz CT molecular complexity index is 695. The Morgan fingerprint density at radius 3 is 2.50 bits per heavy atom. The zero-order chi connectivity index (χ0) is 21.9. The topological polar surface area (TPSA) is 127 Å². The number of nitrogens with two attached hydrogens (primary N) is 2. The summed E-state index contributed by atoms with van der Waals surface area (Å²) < 4.78 is 0. The maximum atomic E-state index is 12.9. The van der Waals surface area contributed by atoms with Gasteiger partial charge in [0.05, 0.1) is 12.1 Å². The van der Waals surface area contributed by atoms with Gasteiger partial charge in [-0.2, -0.15) is 0 Å². The van der Waals surface area contributed by atoms with E-state index in [2.05, 4.69) is 12.1 Å². The van der Waals surface area contributed by atoms with Crippen molar-refractivity contribution in [2.75, 3.05) is 13.1 Å². The zero-order valence-electron chi connectivity index (χ0n) is 17.7. The van der Waals surface area contributed by atoms with Crippen molar-refractivity contribution < 1.29 is 19.5 Å². The van der Waals surface area contributed by atoms with Gasteiger partial charge in [-0.3, -0.25) is 14.4 Å². The number of benzene rings is 1. The van der Waals surface area contributed by atoms with Crippen LogP contribution in [0.4, 0.5) is 0 Å². The van der Waals surface area contributed by atoms with Crippen LogP contribution in [0.15, 0.2) is 30.3 Å². The summed E-state index contributed by atoms with van der Waals surface area (Å²) in [4.78, 5) is 38.3. The van der Waals surface area contributed by atoms with E-state index >= 15 is 0 Å². The van der Waals surface area contributed by atoms with Crippen LogP contribution in [0.25, 0.3) is 0 Å². The Kier molecular flexibility index (Phi) is 9.97. The van der Waals surface area contributed by atoms with Gasteiger partial charge in [0, 0.05) is 25.3 Å². The number of carbonyl (C=O) groups excluding carboxylic acids is 2. The second-order valence-corrected chi connectivity index (χ2v) is 8.14. The molecule has 1 aromatic carbocycles. The predicted molar refractivity (Wildman–Crippen MR) is 116 cm³/mol. The molecule has 1 heterocycles. The average Bonchev–Trinajstić information content (AvgIpc) is 3.05. The normalized spacial score (nSPS) is 19.8. The fourth-order valence-corrected chi connectivity index (χ4v) is 4.17. The SMILES string of the molecule is NCCCCCC(=O)C(N)[C@@H]1C[C@@H](CCC(=O)O)C(=O)N1CCCc1ccccc1. The molecule has 0 aromatic heterocycles. The van der Waals surface area contributed by atoms with E-state index in [1.54, 1.807) is 4.90 Å². The number of aliphatic carboxylic acids is 1. The highest BCUT2D eigenvalue weighted by molar-refractivity contribution is 5.88. The fraction of sp³-hybridized carbons (Fsp3) is 0.609. The Labute approximate surface area is 178 Å². The zero-order valence-corrected chi connectivity index (χ0v) is 17.7. The van der Waals surface area contributed by atoms with Gasteiger partial charge in [0.25, 0.3) is 0 Å². The van der Waals surface area contributed by atoms with Gasteiger partial charge in [-0.15, -0.1) is 0 Å². The van der Waals surface area contributed by atoms with E-state index in [0.717, 1.165) is 32.1 Å². The molecule has 1 unspecified atom stereocenters. The Hall–Kier alpha value is -2.25. The number of amides is 1. The number of aryl methyl sites for hydroxylation is 1. The van der Waals surface area contributed by atoms with Crippen LogP contribution in [0.5, 0.6) is 0 Å². The van der Waals surface area contributed by atoms with Crippen LogP contribution in [-0.2, 0) is 20.8 Å². The van der Waals surface area contributed by atoms with E-state index in [1.165, 1.54) is 5.56 Å². The lowest BCUT2D eigenvalue weighted by molar-refractivity contribution is -0.137. The number of hydrogen-bond donors (Lipinski definition) is 3. The third-order valence-corrected chi connectivity index (χ3v) is 5.89. The standard InChI is InChI=1S/C23H35N3O4/c24-14-6-2-5-11-20(27)22(25)19-16-18(12-13-21(28)29)23(30)26(19)15-7-10-17-8-3-1-4-9-17/h1,3-4,8-9,18-19,22H,2,5-7,10-16,24-25H2,(H,28,29)/t18-,19+,22?/m1/s1. The molecule has 2 rings (SSSR count). The molecule has 0 spiro atoms. The lowest BCUT2D eigenvalue weighted by atomic mass is 9.93. The summed E-state index contributed by atoms with van der Waals surface area (Å²) in [5, 5.41) is 8.98. The number of nitrogens with zero attached hydrogens (tertiary/aromatic N) is 1. The van der Waals surface area contributed by atoms with Gasteiger partial charge in [0.2, 0.25) is 5.91 Å². The van der Waals surface area contributed by atoms with Crippen LogP contribution < -0.4 is 11.5 Å². The summed E-state index contributed by atoms with van der Waals surface area (Å²) in [6.45, 7) is 1.13. The molecule has 0 bridgehead atoms. The van der Waals surface area contributed by atoms with Crippen molar-refractivity contribution >= 4 is 17.7 Å². The molecule has 0 saturated carbocycles. The first kappa shape index (κ1) is 24.0. The molecule has 1 amide bonds. The molecule has 1 fully saturated rings. The molecule has 0 aliphatic carbocycles. The van der Waals surface area contributed by atoms with Crippen LogP contribution in [0, 0.1) is 5.92 Å². The molecule has 1 saturated heterocycles. The van der Waals surface area contributed by atoms with Crippen molar-refractivity contribution in [3.05, 3.63) is 35.9 Å². The van der Waals surface area contributed by atoms with Crippen molar-refractivity contribution in [2.24, 2.45) is 17.4 Å². The quantitative estimate of drug-likeness (QED) is 0.398. The van der Waals surface area contributed by atoms with E-state index in [0.29, 0.717) is 25.9 Å². The highest BCUT2D eigenvalue weighted by atomic mass is 16.4. The average molecular weight is 418 g/mol. The Balaban J connectivity index is 1.99. The van der Waals surface area contributed by atoms with E-state index in [1.807, 2.05) is 18.2 Å². The molecular weight excluding hydrogens is 382 g/mol. The summed E-state index contributed by atoms with van der Waals surface area (Å²) in [5.74, 6) is -1.39. The van der Waals surface area contributed by atoms with Crippen LogP contribution in [-0.4, -0.2) is 52.8 Å². The summed E-state index contributed by atoms with van der Waals surface area (Å²) in [6.07, 6.45) is 5.21. The largest absolute Gasteiger partial charge is 0.481 e. The van der Waals surface area contributed by atoms with Crippen molar-refractivity contribution in [2.45, 2.75) is 69.9 Å². The van der Waals surface area contributed by atoms with E-state index in [-0.39, 0.29) is 36.5 Å². The minimum Gasteiger partial charge on any atom is -0.481 e. The minimum atomic E-state index is -0.915. The highest BCUT2D eigenvalue weighted by Gasteiger charge is 2.43. The summed E-state index contributed by atoms with van der Waals surface area (Å²) >= 11 is 0. The number of carboxylic acids is 1. The summed E-state index contributed by atoms with van der Waals surface area (Å²) in [5.41, 5.74) is 13.0. The number of unbranched alkanes of at least 4 members (excludes halogenated alkanes) is 2. The Morgan fingerprint density at radius 1 is 1.10 bits per heavy atom. The molecule has 3 atom stereocenters. The monoisotopic (exact) mass is 417 g/mol. The second kappa shape index (κ2) is 12.4. The third-order valence-electron chi connectivity index (χ3n) is 5.89. The van der Waals surface area contributed by atoms with E-state index in [9.17, 15) is 14.4 Å². The number of Topliss-reactive ketones (excluding diaryl/α,β-unsaturated/α-hetero) is 1. The Morgan fingerprint density at radius 2 is 1.83 bits per heavy atom. The number of carbonyl (C=O) groups is 3. The third kappa shape index (κ3) is 7.22. The van der Waals surface area contributed by atoms with Crippen molar-refractivity contribution in [1.82, 2.24) is 4.90 Å². The lowest BCUT2D eigenvalue weighted by Crippen LogP contribution is -2.50. The van der Waals surface area contributed by atoms with E-state index < -0.39 is 12.0 Å². The lowest BCUT2D eigenvalue weighted by Gasteiger charge is -2.29. The van der Waals surface area contributed by atoms with Gasteiger partial charge >= 0.3 is 5.97 Å². The predicted octanol–water partition coefficient (Wildman–Crippen LogP) is 2.12. The van der Waals surface area contributed by atoms with Gasteiger partial charge in [0.15, 0.2) is 5.78 Å². The minimum absolute atomic E-state index is 0.0308.